The first-order valence-electron chi connectivity index (χ1n) is 9.71. The van der Waals surface area contributed by atoms with Crippen LogP contribution in [0.25, 0.3) is 10.9 Å². The predicted octanol–water partition coefficient (Wildman–Crippen LogP) is 4.41. The predicted molar refractivity (Wildman–Crippen MR) is 120 cm³/mol. The summed E-state index contributed by atoms with van der Waals surface area (Å²) in [7, 11) is 0. The molecule has 0 bridgehead atoms. The van der Waals surface area contributed by atoms with Crippen LogP contribution in [0, 0.1) is 13.8 Å². The molecule has 4 rings (SSSR count). The summed E-state index contributed by atoms with van der Waals surface area (Å²) in [4.78, 5) is 17.8. The standard InChI is InChI=1S/C23H23N3O3S/c1-15-7-8-16(2)21-20(15)11-17(22(27)25-21)13-26(14-19-6-4-10-29-19)23(30)24-12-18-5-3-9-28-18/h3-11H,12-14H2,1-2H3,(H,24,30)(H,25,27). The molecule has 1 aromatic carbocycles. The van der Waals surface area contributed by atoms with Crippen LogP contribution in [0.3, 0.4) is 0 Å². The molecule has 3 heterocycles. The quantitative estimate of drug-likeness (QED) is 0.449. The summed E-state index contributed by atoms with van der Waals surface area (Å²) in [5.41, 5.74) is 3.56. The molecule has 6 nitrogen and oxygen atoms in total. The Morgan fingerprint density at radius 2 is 1.73 bits per heavy atom. The minimum absolute atomic E-state index is 0.116. The largest absolute Gasteiger partial charge is 0.467 e. The van der Waals surface area contributed by atoms with E-state index in [1.165, 1.54) is 0 Å². The number of H-pyrrole nitrogens is 1. The summed E-state index contributed by atoms with van der Waals surface area (Å²) < 4.78 is 10.9. The highest BCUT2D eigenvalue weighted by Crippen LogP contribution is 2.20. The van der Waals surface area contributed by atoms with Crippen molar-refractivity contribution < 1.29 is 8.83 Å². The van der Waals surface area contributed by atoms with Crippen LogP contribution >= 0.6 is 12.2 Å². The topological polar surface area (TPSA) is 74.4 Å². The highest BCUT2D eigenvalue weighted by molar-refractivity contribution is 7.80. The van der Waals surface area contributed by atoms with E-state index in [0.717, 1.165) is 33.6 Å². The van der Waals surface area contributed by atoms with Gasteiger partial charge in [-0.05, 0) is 67.5 Å². The Labute approximate surface area is 179 Å². The molecule has 2 N–H and O–H groups in total. The molecule has 3 aromatic heterocycles. The van der Waals surface area contributed by atoms with E-state index in [2.05, 4.69) is 16.4 Å². The van der Waals surface area contributed by atoms with Gasteiger partial charge < -0.3 is 24.0 Å². The van der Waals surface area contributed by atoms with Crippen molar-refractivity contribution >= 4 is 28.2 Å². The number of nitrogens with one attached hydrogen (secondary N) is 2. The van der Waals surface area contributed by atoms with Crippen molar-refractivity contribution in [1.82, 2.24) is 15.2 Å². The summed E-state index contributed by atoms with van der Waals surface area (Å²) >= 11 is 5.63. The Morgan fingerprint density at radius 1 is 1.03 bits per heavy atom. The van der Waals surface area contributed by atoms with Crippen molar-refractivity contribution in [2.45, 2.75) is 33.5 Å². The summed E-state index contributed by atoms with van der Waals surface area (Å²) in [6, 6.07) is 13.5. The van der Waals surface area contributed by atoms with Crippen molar-refractivity contribution in [3.8, 4) is 0 Å². The van der Waals surface area contributed by atoms with E-state index >= 15 is 0 Å². The van der Waals surface area contributed by atoms with Gasteiger partial charge in [0.2, 0.25) is 0 Å². The lowest BCUT2D eigenvalue weighted by Gasteiger charge is -2.25. The molecular weight excluding hydrogens is 398 g/mol. The molecule has 0 aliphatic rings. The molecule has 4 aromatic rings. The van der Waals surface area contributed by atoms with Crippen molar-refractivity contribution in [3.05, 3.63) is 93.6 Å². The SMILES string of the molecule is Cc1ccc(C)c2[nH]c(=O)c(CN(Cc3ccco3)C(=S)NCc3ccco3)cc12. The van der Waals surface area contributed by atoms with E-state index in [9.17, 15) is 4.79 Å². The molecule has 154 valence electrons. The average molecular weight is 422 g/mol. The van der Waals surface area contributed by atoms with Crippen LogP contribution in [0.15, 0.2) is 68.6 Å². The zero-order chi connectivity index (χ0) is 21.1. The smallest absolute Gasteiger partial charge is 0.253 e. The zero-order valence-electron chi connectivity index (χ0n) is 16.9. The van der Waals surface area contributed by atoms with Gasteiger partial charge in [0.05, 0.1) is 37.7 Å². The van der Waals surface area contributed by atoms with Gasteiger partial charge in [0.15, 0.2) is 5.11 Å². The zero-order valence-corrected chi connectivity index (χ0v) is 17.7. The van der Waals surface area contributed by atoms with E-state index < -0.39 is 0 Å². The highest BCUT2D eigenvalue weighted by atomic mass is 32.1. The molecular formula is C23H23N3O3S. The van der Waals surface area contributed by atoms with E-state index in [4.69, 9.17) is 21.1 Å². The van der Waals surface area contributed by atoms with Crippen molar-refractivity contribution in [2.24, 2.45) is 0 Å². The summed E-state index contributed by atoms with van der Waals surface area (Å²) in [6.45, 7) is 5.30. The number of rotatable bonds is 6. The molecule has 7 heteroatoms. The monoisotopic (exact) mass is 421 g/mol. The Kier molecular flexibility index (Phi) is 5.72. The number of thiocarbonyl (C=S) groups is 1. The van der Waals surface area contributed by atoms with Crippen LogP contribution in [0.1, 0.15) is 28.2 Å². The lowest BCUT2D eigenvalue weighted by Crippen LogP contribution is -2.39. The number of aryl methyl sites for hydroxylation is 2. The van der Waals surface area contributed by atoms with E-state index in [1.807, 2.05) is 55.1 Å². The van der Waals surface area contributed by atoms with Crippen molar-refractivity contribution in [2.75, 3.05) is 0 Å². The summed E-state index contributed by atoms with van der Waals surface area (Å²) in [5, 5.41) is 4.76. The van der Waals surface area contributed by atoms with Gasteiger partial charge in [-0.15, -0.1) is 0 Å². The van der Waals surface area contributed by atoms with Crippen LogP contribution in [-0.4, -0.2) is 15.0 Å². The molecule has 0 saturated carbocycles. The molecule has 0 unspecified atom stereocenters. The molecule has 0 spiro atoms. The third-order valence-electron chi connectivity index (χ3n) is 5.09. The van der Waals surface area contributed by atoms with Crippen molar-refractivity contribution in [1.29, 1.82) is 0 Å². The Bertz CT molecular complexity index is 1210. The molecule has 0 aliphatic heterocycles. The summed E-state index contributed by atoms with van der Waals surface area (Å²) in [6.07, 6.45) is 3.25. The van der Waals surface area contributed by atoms with Gasteiger partial charge >= 0.3 is 0 Å². The third kappa shape index (κ3) is 4.31. The Hall–Kier alpha value is -3.32. The molecule has 0 aliphatic carbocycles. The van der Waals surface area contributed by atoms with Crippen LogP contribution in [0.5, 0.6) is 0 Å². The first-order chi connectivity index (χ1) is 14.5. The van der Waals surface area contributed by atoms with Gasteiger partial charge in [-0.25, -0.2) is 0 Å². The van der Waals surface area contributed by atoms with Crippen molar-refractivity contribution in [3.63, 3.8) is 0 Å². The first-order valence-corrected chi connectivity index (χ1v) is 10.1. The number of pyridine rings is 1. The van der Waals surface area contributed by atoms with Gasteiger partial charge in [0.25, 0.3) is 5.56 Å². The van der Waals surface area contributed by atoms with E-state index in [0.29, 0.717) is 30.3 Å². The number of aromatic nitrogens is 1. The van der Waals surface area contributed by atoms with Crippen LogP contribution in [-0.2, 0) is 19.6 Å². The minimum Gasteiger partial charge on any atom is -0.467 e. The number of benzene rings is 1. The minimum atomic E-state index is -0.116. The summed E-state index contributed by atoms with van der Waals surface area (Å²) in [5.74, 6) is 1.55. The number of furan rings is 2. The second kappa shape index (κ2) is 8.59. The lowest BCUT2D eigenvalue weighted by molar-refractivity contribution is 0.348. The Morgan fingerprint density at radius 3 is 2.43 bits per heavy atom. The molecule has 0 radical (unpaired) electrons. The number of nitrogens with zero attached hydrogens (tertiary/aromatic N) is 1. The Balaban J connectivity index is 1.62. The number of aromatic amines is 1. The fourth-order valence-corrected chi connectivity index (χ4v) is 3.62. The van der Waals surface area contributed by atoms with E-state index in [1.54, 1.807) is 12.5 Å². The molecule has 0 fully saturated rings. The van der Waals surface area contributed by atoms with Gasteiger partial charge in [-0.2, -0.15) is 0 Å². The van der Waals surface area contributed by atoms with Crippen LogP contribution in [0.4, 0.5) is 0 Å². The average Bonchev–Trinajstić information content (AvgIpc) is 3.43. The maximum atomic E-state index is 12.8. The molecule has 0 atom stereocenters. The highest BCUT2D eigenvalue weighted by Gasteiger charge is 2.16. The maximum Gasteiger partial charge on any atom is 0.253 e. The first kappa shape index (κ1) is 20.0. The molecule has 0 saturated heterocycles. The number of fused-ring (bicyclic) bond motifs is 1. The van der Waals surface area contributed by atoms with Crippen LogP contribution < -0.4 is 10.9 Å². The fourth-order valence-electron chi connectivity index (χ4n) is 3.42. The van der Waals surface area contributed by atoms with E-state index in [-0.39, 0.29) is 5.56 Å². The molecule has 30 heavy (non-hydrogen) atoms. The number of hydrogen-bond donors (Lipinski definition) is 2. The van der Waals surface area contributed by atoms with Gasteiger partial charge in [-0.1, -0.05) is 12.1 Å². The normalized spacial score (nSPS) is 11.0. The second-order valence-corrected chi connectivity index (χ2v) is 7.67. The number of hydrogen-bond acceptors (Lipinski definition) is 4. The maximum absolute atomic E-state index is 12.8. The lowest BCUT2D eigenvalue weighted by atomic mass is 10.0. The van der Waals surface area contributed by atoms with Gasteiger partial charge in [-0.3, -0.25) is 4.79 Å². The third-order valence-corrected chi connectivity index (χ3v) is 5.49. The second-order valence-electron chi connectivity index (χ2n) is 7.29. The fraction of sp³-hybridized carbons (Fsp3) is 0.217. The van der Waals surface area contributed by atoms with Gasteiger partial charge in [0, 0.05) is 10.9 Å². The van der Waals surface area contributed by atoms with Crippen LogP contribution in [0.2, 0.25) is 0 Å². The van der Waals surface area contributed by atoms with Gasteiger partial charge in [0.1, 0.15) is 11.5 Å². The molecule has 0 amide bonds.